The predicted octanol–water partition coefficient (Wildman–Crippen LogP) is 3.41. The van der Waals surface area contributed by atoms with Crippen LogP contribution in [-0.2, 0) is 0 Å². The molecule has 1 heterocycles. The van der Waals surface area contributed by atoms with Crippen LogP contribution in [0.25, 0.3) is 10.1 Å². The lowest BCUT2D eigenvalue weighted by Crippen LogP contribution is -2.32. The number of nitrogen functional groups attached to an aromatic ring is 1. The third kappa shape index (κ3) is 2.88. The van der Waals surface area contributed by atoms with Gasteiger partial charge < -0.3 is 15.8 Å². The molecule has 0 aliphatic rings. The number of nitrogens with two attached hydrogens (primary N) is 1. The summed E-state index contributed by atoms with van der Waals surface area (Å²) in [4.78, 5) is 12.8. The molecule has 5 heteroatoms. The molecule has 0 spiro atoms. The van der Waals surface area contributed by atoms with E-state index in [1.54, 1.807) is 7.11 Å². The molecule has 108 valence electrons. The highest BCUT2D eigenvalue weighted by Crippen LogP contribution is 2.35. The average Bonchev–Trinajstić information content (AvgIpc) is 2.75. The van der Waals surface area contributed by atoms with Crippen LogP contribution in [0.2, 0.25) is 0 Å². The SMILES string of the molecule is CCCC(C)NC(=O)c1sc2cc(OC)ccc2c1N. The molecule has 0 aliphatic carbocycles. The number of hydrogen-bond donors (Lipinski definition) is 2. The monoisotopic (exact) mass is 292 g/mol. The van der Waals surface area contributed by atoms with E-state index in [2.05, 4.69) is 12.2 Å². The maximum Gasteiger partial charge on any atom is 0.263 e. The van der Waals surface area contributed by atoms with Gasteiger partial charge in [-0.2, -0.15) is 0 Å². The van der Waals surface area contributed by atoms with Crippen LogP contribution in [0.3, 0.4) is 0 Å². The first-order valence-electron chi connectivity index (χ1n) is 6.73. The molecule has 0 fully saturated rings. The molecule has 0 aliphatic heterocycles. The van der Waals surface area contributed by atoms with E-state index in [-0.39, 0.29) is 11.9 Å². The number of amides is 1. The number of ether oxygens (including phenoxy) is 1. The highest BCUT2D eigenvalue weighted by molar-refractivity contribution is 7.21. The standard InChI is InChI=1S/C15H20N2O2S/c1-4-5-9(2)17-15(18)14-13(16)11-7-6-10(19-3)8-12(11)20-14/h6-9H,4-5,16H2,1-3H3,(H,17,18). The maximum atomic E-state index is 12.3. The Kier molecular flexibility index (Phi) is 4.49. The number of methoxy groups -OCH3 is 1. The molecule has 1 atom stereocenters. The van der Waals surface area contributed by atoms with Crippen LogP contribution < -0.4 is 15.8 Å². The van der Waals surface area contributed by atoms with Gasteiger partial charge in [0.15, 0.2) is 0 Å². The minimum atomic E-state index is -0.0939. The van der Waals surface area contributed by atoms with Crippen molar-refractivity contribution in [2.45, 2.75) is 32.7 Å². The molecule has 1 aromatic heterocycles. The summed E-state index contributed by atoms with van der Waals surface area (Å²) >= 11 is 1.40. The summed E-state index contributed by atoms with van der Waals surface area (Å²) in [6.45, 7) is 4.11. The van der Waals surface area contributed by atoms with Gasteiger partial charge in [0, 0.05) is 16.1 Å². The molecule has 0 bridgehead atoms. The summed E-state index contributed by atoms with van der Waals surface area (Å²) in [6.07, 6.45) is 2.00. The molecular formula is C15H20N2O2S. The number of fused-ring (bicyclic) bond motifs is 1. The highest BCUT2D eigenvalue weighted by atomic mass is 32.1. The fourth-order valence-corrected chi connectivity index (χ4v) is 3.24. The largest absolute Gasteiger partial charge is 0.497 e. The topological polar surface area (TPSA) is 64.3 Å². The Bertz CT molecular complexity index is 622. The van der Waals surface area contributed by atoms with Crippen molar-refractivity contribution in [1.29, 1.82) is 0 Å². The van der Waals surface area contributed by atoms with Gasteiger partial charge in [0.1, 0.15) is 10.6 Å². The van der Waals surface area contributed by atoms with Gasteiger partial charge in [0.2, 0.25) is 0 Å². The normalized spacial score (nSPS) is 12.3. The number of rotatable bonds is 5. The molecule has 4 nitrogen and oxygen atoms in total. The summed E-state index contributed by atoms with van der Waals surface area (Å²) in [6, 6.07) is 5.81. The molecule has 3 N–H and O–H groups in total. The van der Waals surface area contributed by atoms with E-state index in [1.807, 2.05) is 25.1 Å². The number of anilines is 1. The summed E-state index contributed by atoms with van der Waals surface area (Å²) in [5.74, 6) is 0.675. The first kappa shape index (κ1) is 14.7. The van der Waals surface area contributed by atoms with Crippen LogP contribution in [-0.4, -0.2) is 19.1 Å². The van der Waals surface area contributed by atoms with Crippen LogP contribution >= 0.6 is 11.3 Å². The molecule has 1 aromatic carbocycles. The van der Waals surface area contributed by atoms with Crippen molar-refractivity contribution in [3.63, 3.8) is 0 Å². The zero-order valence-corrected chi connectivity index (χ0v) is 12.8. The van der Waals surface area contributed by atoms with Gasteiger partial charge in [-0.1, -0.05) is 13.3 Å². The highest BCUT2D eigenvalue weighted by Gasteiger charge is 2.18. The number of hydrogen-bond acceptors (Lipinski definition) is 4. The molecule has 1 unspecified atom stereocenters. The lowest BCUT2D eigenvalue weighted by atomic mass is 10.2. The lowest BCUT2D eigenvalue weighted by molar-refractivity contribution is 0.0943. The molecule has 0 saturated carbocycles. The van der Waals surface area contributed by atoms with Gasteiger partial charge in [-0.3, -0.25) is 4.79 Å². The van der Waals surface area contributed by atoms with Crippen molar-refractivity contribution in [3.8, 4) is 5.75 Å². The van der Waals surface area contributed by atoms with E-state index in [9.17, 15) is 4.79 Å². The first-order valence-corrected chi connectivity index (χ1v) is 7.55. The Morgan fingerprint density at radius 2 is 2.25 bits per heavy atom. The summed E-state index contributed by atoms with van der Waals surface area (Å²) < 4.78 is 6.16. The van der Waals surface area contributed by atoms with Crippen LogP contribution in [0.1, 0.15) is 36.4 Å². The minimum absolute atomic E-state index is 0.0939. The Morgan fingerprint density at radius 1 is 1.50 bits per heavy atom. The maximum absolute atomic E-state index is 12.3. The molecule has 0 saturated heterocycles. The Hall–Kier alpha value is -1.75. The van der Waals surface area contributed by atoms with E-state index in [0.29, 0.717) is 10.6 Å². The van der Waals surface area contributed by atoms with Gasteiger partial charge >= 0.3 is 0 Å². The number of nitrogens with one attached hydrogen (secondary N) is 1. The molecule has 2 rings (SSSR count). The smallest absolute Gasteiger partial charge is 0.263 e. The van der Waals surface area contributed by atoms with Gasteiger partial charge in [-0.15, -0.1) is 11.3 Å². The first-order chi connectivity index (χ1) is 9.56. The van der Waals surface area contributed by atoms with E-state index in [4.69, 9.17) is 10.5 Å². The van der Waals surface area contributed by atoms with Gasteiger partial charge in [-0.25, -0.2) is 0 Å². The summed E-state index contributed by atoms with van der Waals surface area (Å²) in [5, 5.41) is 3.89. The van der Waals surface area contributed by atoms with Crippen molar-refractivity contribution >= 4 is 33.0 Å². The molecule has 0 radical (unpaired) electrons. The van der Waals surface area contributed by atoms with Crippen LogP contribution in [0, 0.1) is 0 Å². The quantitative estimate of drug-likeness (QED) is 0.887. The third-order valence-corrected chi connectivity index (χ3v) is 4.41. The van der Waals surface area contributed by atoms with E-state index >= 15 is 0 Å². The third-order valence-electron chi connectivity index (χ3n) is 3.24. The Morgan fingerprint density at radius 3 is 2.90 bits per heavy atom. The number of carbonyl (C=O) groups excluding carboxylic acids is 1. The number of carbonyl (C=O) groups is 1. The second-order valence-corrected chi connectivity index (χ2v) is 5.92. The van der Waals surface area contributed by atoms with Crippen molar-refractivity contribution in [1.82, 2.24) is 5.32 Å². The Labute approximate surface area is 122 Å². The molecule has 20 heavy (non-hydrogen) atoms. The zero-order valence-electron chi connectivity index (χ0n) is 12.0. The average molecular weight is 292 g/mol. The molecule has 1 amide bonds. The van der Waals surface area contributed by atoms with Crippen molar-refractivity contribution in [2.24, 2.45) is 0 Å². The molecular weight excluding hydrogens is 272 g/mol. The van der Waals surface area contributed by atoms with Crippen LogP contribution in [0.15, 0.2) is 18.2 Å². The Balaban J connectivity index is 2.30. The lowest BCUT2D eigenvalue weighted by Gasteiger charge is -2.11. The van der Waals surface area contributed by atoms with E-state index in [0.717, 1.165) is 28.7 Å². The summed E-state index contributed by atoms with van der Waals surface area (Å²) in [5.41, 5.74) is 6.64. The molecule has 2 aromatic rings. The van der Waals surface area contributed by atoms with Crippen LogP contribution in [0.4, 0.5) is 5.69 Å². The summed E-state index contributed by atoms with van der Waals surface area (Å²) in [7, 11) is 1.62. The van der Waals surface area contributed by atoms with Crippen molar-refractivity contribution in [2.75, 3.05) is 12.8 Å². The zero-order chi connectivity index (χ0) is 14.7. The van der Waals surface area contributed by atoms with E-state index in [1.165, 1.54) is 11.3 Å². The van der Waals surface area contributed by atoms with Crippen molar-refractivity contribution in [3.05, 3.63) is 23.1 Å². The van der Waals surface area contributed by atoms with Gasteiger partial charge in [0.25, 0.3) is 5.91 Å². The second-order valence-electron chi connectivity index (χ2n) is 4.87. The van der Waals surface area contributed by atoms with Crippen molar-refractivity contribution < 1.29 is 9.53 Å². The fraction of sp³-hybridized carbons (Fsp3) is 0.400. The number of benzene rings is 1. The number of thiophene rings is 1. The minimum Gasteiger partial charge on any atom is -0.497 e. The fourth-order valence-electron chi connectivity index (χ4n) is 2.19. The van der Waals surface area contributed by atoms with E-state index < -0.39 is 0 Å². The van der Waals surface area contributed by atoms with Gasteiger partial charge in [0.05, 0.1) is 12.8 Å². The predicted molar refractivity (Wildman–Crippen MR) is 84.6 cm³/mol. The van der Waals surface area contributed by atoms with Crippen LogP contribution in [0.5, 0.6) is 5.75 Å². The van der Waals surface area contributed by atoms with Gasteiger partial charge in [-0.05, 0) is 31.5 Å². The second kappa shape index (κ2) is 6.13.